The predicted molar refractivity (Wildman–Crippen MR) is 225 cm³/mol. The smallest absolute Gasteiger partial charge is 0.0701 e. The molecule has 2 aromatic rings. The molecule has 0 bridgehead atoms. The number of hydrogen-bond acceptors (Lipinski definition) is 14. The molecule has 0 radical (unpaired) electrons. The Bertz CT molecular complexity index is 1190. The molecule has 0 fully saturated rings. The fourth-order valence-electron chi connectivity index (χ4n) is 6.72. The Morgan fingerprint density at radius 3 is 0.763 bits per heavy atom. The van der Waals surface area contributed by atoms with Crippen LogP contribution in [-0.4, -0.2) is 186 Å². The molecule has 1 aliphatic rings. The molecule has 0 amide bonds. The lowest BCUT2D eigenvalue weighted by Crippen LogP contribution is -2.26. The summed E-state index contributed by atoms with van der Waals surface area (Å²) in [5.74, 6) is 0. The molecular weight excluding hydrogens is 764 g/mol. The first kappa shape index (κ1) is 51.2. The lowest BCUT2D eigenvalue weighted by atomic mass is 9.71. The van der Waals surface area contributed by atoms with Gasteiger partial charge in [0.05, 0.1) is 159 Å². The van der Waals surface area contributed by atoms with Crippen LogP contribution < -0.4 is 0 Å². The Kier molecular flexibility index (Phi) is 31.7. The Morgan fingerprint density at radius 1 is 0.288 bits per heavy atom. The minimum Gasteiger partial charge on any atom is -0.382 e. The van der Waals surface area contributed by atoms with Gasteiger partial charge in [-0.15, -0.1) is 0 Å². The Morgan fingerprint density at radius 2 is 0.508 bits per heavy atom. The number of methoxy groups -OCH3 is 2. The highest BCUT2D eigenvalue weighted by Crippen LogP contribution is 2.53. The summed E-state index contributed by atoms with van der Waals surface area (Å²) in [6.45, 7) is 14.3. The molecule has 0 aliphatic heterocycles. The van der Waals surface area contributed by atoms with Crippen molar-refractivity contribution in [2.75, 3.05) is 186 Å². The van der Waals surface area contributed by atoms with E-state index in [0.29, 0.717) is 165 Å². The second-order valence-electron chi connectivity index (χ2n) is 13.7. The van der Waals surface area contributed by atoms with Gasteiger partial charge in [0.1, 0.15) is 0 Å². The molecule has 0 unspecified atom stereocenters. The third-order valence-corrected chi connectivity index (χ3v) is 9.54. The molecule has 0 heterocycles. The van der Waals surface area contributed by atoms with Crippen LogP contribution in [0, 0.1) is 0 Å². The first-order valence-corrected chi connectivity index (χ1v) is 21.4. The van der Waals surface area contributed by atoms with Gasteiger partial charge < -0.3 is 66.3 Å². The summed E-state index contributed by atoms with van der Waals surface area (Å²) in [7, 11) is 3.35. The van der Waals surface area contributed by atoms with Crippen molar-refractivity contribution >= 4 is 0 Å². The molecule has 3 rings (SSSR count). The van der Waals surface area contributed by atoms with Crippen molar-refractivity contribution in [3.05, 3.63) is 59.7 Å². The number of ether oxygens (including phenoxy) is 14. The van der Waals surface area contributed by atoms with Gasteiger partial charge >= 0.3 is 0 Å². The molecule has 0 aromatic heterocycles. The summed E-state index contributed by atoms with van der Waals surface area (Å²) in [5.41, 5.74) is 5.51. The van der Waals surface area contributed by atoms with Crippen molar-refractivity contribution in [2.24, 2.45) is 0 Å². The van der Waals surface area contributed by atoms with Crippen LogP contribution in [0.2, 0.25) is 0 Å². The maximum atomic E-state index is 5.99. The highest BCUT2D eigenvalue weighted by atomic mass is 16.6. The van der Waals surface area contributed by atoms with Gasteiger partial charge in [-0.3, -0.25) is 0 Å². The highest BCUT2D eigenvalue weighted by molar-refractivity contribution is 5.80. The number of hydrogen-bond donors (Lipinski definition) is 0. The third kappa shape index (κ3) is 23.1. The maximum absolute atomic E-state index is 5.99. The van der Waals surface area contributed by atoms with Crippen LogP contribution in [0.4, 0.5) is 0 Å². The van der Waals surface area contributed by atoms with Crippen molar-refractivity contribution in [1.29, 1.82) is 0 Å². The zero-order valence-corrected chi connectivity index (χ0v) is 36.0. The molecule has 0 atom stereocenters. The van der Waals surface area contributed by atoms with Gasteiger partial charge in [-0.2, -0.15) is 0 Å². The Hall–Kier alpha value is -2.12. The van der Waals surface area contributed by atoms with E-state index in [0.717, 1.165) is 32.3 Å². The summed E-state index contributed by atoms with van der Waals surface area (Å²) >= 11 is 0. The first-order chi connectivity index (χ1) is 29.3. The number of benzene rings is 2. The van der Waals surface area contributed by atoms with Gasteiger partial charge in [-0.05, 0) is 47.9 Å². The minimum atomic E-state index is -0.0367. The van der Waals surface area contributed by atoms with E-state index in [2.05, 4.69) is 48.5 Å². The molecule has 0 saturated carbocycles. The van der Waals surface area contributed by atoms with Crippen LogP contribution in [-0.2, 0) is 71.7 Å². The second-order valence-corrected chi connectivity index (χ2v) is 13.7. The molecule has 0 spiro atoms. The predicted octanol–water partition coefficient (Wildman–Crippen LogP) is 5.01. The molecule has 14 nitrogen and oxygen atoms in total. The van der Waals surface area contributed by atoms with E-state index in [4.69, 9.17) is 66.3 Å². The van der Waals surface area contributed by atoms with E-state index in [1.165, 1.54) is 22.3 Å². The largest absolute Gasteiger partial charge is 0.382 e. The fraction of sp³-hybridized carbons (Fsp3) is 0.733. The molecule has 2 aromatic carbocycles. The van der Waals surface area contributed by atoms with Crippen LogP contribution in [0.3, 0.4) is 0 Å². The average molecular weight is 839 g/mol. The van der Waals surface area contributed by atoms with E-state index < -0.39 is 0 Å². The molecule has 59 heavy (non-hydrogen) atoms. The van der Waals surface area contributed by atoms with Crippen LogP contribution >= 0.6 is 0 Å². The maximum Gasteiger partial charge on any atom is 0.0701 e. The summed E-state index contributed by atoms with van der Waals surface area (Å²) in [5, 5.41) is 0. The lowest BCUT2D eigenvalue weighted by Gasteiger charge is -2.32. The lowest BCUT2D eigenvalue weighted by molar-refractivity contribution is -0.0280. The minimum absolute atomic E-state index is 0.0367. The fourth-order valence-corrected chi connectivity index (χ4v) is 6.72. The van der Waals surface area contributed by atoms with Crippen LogP contribution in [0.15, 0.2) is 48.5 Å². The van der Waals surface area contributed by atoms with Gasteiger partial charge in [0.15, 0.2) is 0 Å². The van der Waals surface area contributed by atoms with Crippen molar-refractivity contribution in [3.8, 4) is 11.1 Å². The average Bonchev–Trinajstić information content (AvgIpc) is 3.54. The Balaban J connectivity index is 1.04. The van der Waals surface area contributed by atoms with E-state index >= 15 is 0 Å². The van der Waals surface area contributed by atoms with Crippen molar-refractivity contribution in [1.82, 2.24) is 0 Å². The SMILES string of the molecule is COCCOCCCC1(CCCOCCOCCOCCOCCOCCOCCOCCOCCOCCOCCOCCOC)c2ccccc2-c2ccccc21. The van der Waals surface area contributed by atoms with Crippen LogP contribution in [0.5, 0.6) is 0 Å². The van der Waals surface area contributed by atoms with E-state index in [1.54, 1.807) is 14.2 Å². The highest BCUT2D eigenvalue weighted by Gasteiger charge is 2.41. The van der Waals surface area contributed by atoms with Gasteiger partial charge in [0, 0.05) is 32.8 Å². The standard InChI is InChI=1S/C45H74O14/c1-46-17-19-48-15-7-13-45(43-11-5-3-9-41(43)42-10-4-6-12-44(42)45)14-8-16-49-21-22-51-25-26-53-29-30-55-33-34-57-37-38-59-40-39-58-36-35-56-32-31-54-28-27-52-24-23-50-20-18-47-2/h3-6,9-12H,7-8,13-40H2,1-2H3. The summed E-state index contributed by atoms with van der Waals surface area (Å²) < 4.78 is 77.0. The molecular formula is C45H74O14. The zero-order valence-electron chi connectivity index (χ0n) is 36.0. The van der Waals surface area contributed by atoms with Gasteiger partial charge in [0.25, 0.3) is 0 Å². The third-order valence-electron chi connectivity index (χ3n) is 9.54. The van der Waals surface area contributed by atoms with Crippen LogP contribution in [0.1, 0.15) is 36.8 Å². The summed E-state index contributed by atoms with van der Waals surface area (Å²) in [4.78, 5) is 0. The topological polar surface area (TPSA) is 129 Å². The van der Waals surface area contributed by atoms with Gasteiger partial charge in [0.2, 0.25) is 0 Å². The zero-order chi connectivity index (χ0) is 41.6. The quantitative estimate of drug-likeness (QED) is 0.0830. The molecule has 0 N–H and O–H groups in total. The molecule has 0 saturated heterocycles. The Labute approximate surface area is 353 Å². The van der Waals surface area contributed by atoms with Crippen molar-refractivity contribution in [2.45, 2.75) is 31.1 Å². The van der Waals surface area contributed by atoms with Crippen molar-refractivity contribution < 1.29 is 66.3 Å². The van der Waals surface area contributed by atoms with Gasteiger partial charge in [-0.1, -0.05) is 48.5 Å². The van der Waals surface area contributed by atoms with Crippen LogP contribution in [0.25, 0.3) is 11.1 Å². The monoisotopic (exact) mass is 839 g/mol. The van der Waals surface area contributed by atoms with E-state index in [1.807, 2.05) is 0 Å². The molecule has 338 valence electrons. The van der Waals surface area contributed by atoms with Gasteiger partial charge in [-0.25, -0.2) is 0 Å². The summed E-state index contributed by atoms with van der Waals surface area (Å²) in [6.07, 6.45) is 4.01. The second kappa shape index (κ2) is 36.5. The number of fused-ring (bicyclic) bond motifs is 3. The normalized spacial score (nSPS) is 13.0. The van der Waals surface area contributed by atoms with E-state index in [-0.39, 0.29) is 5.41 Å². The number of rotatable bonds is 44. The summed E-state index contributed by atoms with van der Waals surface area (Å²) in [6, 6.07) is 17.7. The first-order valence-electron chi connectivity index (χ1n) is 21.4. The molecule has 1 aliphatic carbocycles. The van der Waals surface area contributed by atoms with E-state index in [9.17, 15) is 0 Å². The van der Waals surface area contributed by atoms with Crippen molar-refractivity contribution in [3.63, 3.8) is 0 Å². The molecule has 14 heteroatoms.